The van der Waals surface area contributed by atoms with Crippen LogP contribution in [0.4, 0.5) is 0 Å². The monoisotopic (exact) mass is 284 g/mol. The van der Waals surface area contributed by atoms with E-state index in [9.17, 15) is 10.1 Å². The zero-order valence-corrected chi connectivity index (χ0v) is 11.6. The number of furan rings is 1. The van der Waals surface area contributed by atoms with E-state index >= 15 is 0 Å². The quantitative estimate of drug-likeness (QED) is 0.750. The van der Waals surface area contributed by atoms with Crippen LogP contribution >= 0.6 is 0 Å². The summed E-state index contributed by atoms with van der Waals surface area (Å²) in [7, 11) is 0. The molecule has 1 saturated carbocycles. The van der Waals surface area contributed by atoms with E-state index in [1.54, 1.807) is 0 Å². The molecule has 5 heteroatoms. The summed E-state index contributed by atoms with van der Waals surface area (Å²) < 4.78 is 6.68. The maximum Gasteiger partial charge on any atom is 0.247 e. The predicted molar refractivity (Wildman–Crippen MR) is 79.1 cm³/mol. The van der Waals surface area contributed by atoms with Crippen LogP contribution in [0.5, 0.6) is 0 Å². The summed E-state index contributed by atoms with van der Waals surface area (Å²) in [5.74, 6) is 0.469. The lowest BCUT2D eigenvalue weighted by atomic mass is 9.88. The second kappa shape index (κ2) is 4.70. The number of hydrogen-bond donors (Lipinski definition) is 0. The normalized spacial score (nSPS) is 25.9. The third kappa shape index (κ3) is 1.96. The van der Waals surface area contributed by atoms with Crippen molar-refractivity contribution < 1.29 is 9.18 Å². The van der Waals surface area contributed by atoms with Gasteiger partial charge in [0.15, 0.2) is 5.76 Å². The van der Waals surface area contributed by atoms with Crippen molar-refractivity contribution in [2.45, 2.75) is 37.8 Å². The first-order valence-electron chi connectivity index (χ1n) is 7.36. The van der Waals surface area contributed by atoms with E-state index in [1.807, 2.05) is 30.3 Å². The van der Waals surface area contributed by atoms with Crippen molar-refractivity contribution in [3.8, 4) is 0 Å². The molecular formula is C16H16N2O3. The van der Waals surface area contributed by atoms with Crippen molar-refractivity contribution in [1.82, 2.24) is 5.06 Å². The van der Waals surface area contributed by atoms with Crippen molar-refractivity contribution >= 4 is 16.7 Å². The molecule has 108 valence electrons. The number of benzene rings is 1. The first-order valence-corrected chi connectivity index (χ1v) is 7.36. The lowest BCUT2D eigenvalue weighted by Crippen LogP contribution is -2.49. The second-order valence-corrected chi connectivity index (χ2v) is 5.77. The number of hydroxylamine groups is 2. The molecule has 0 radical (unpaired) electrons. The van der Waals surface area contributed by atoms with Gasteiger partial charge in [0.05, 0.1) is 6.04 Å². The fraction of sp³-hybridized carbons (Fsp3) is 0.375. The topological polar surface area (TPSA) is 59.5 Å². The molecule has 0 bridgehead atoms. The minimum Gasteiger partial charge on any atom is -0.758 e. The Morgan fingerprint density at radius 2 is 2.05 bits per heavy atom. The number of rotatable bonds is 1. The van der Waals surface area contributed by atoms with Gasteiger partial charge in [-0.2, -0.15) is 0 Å². The minimum atomic E-state index is -0.260. The van der Waals surface area contributed by atoms with Crippen molar-refractivity contribution in [2.24, 2.45) is 0 Å². The van der Waals surface area contributed by atoms with E-state index < -0.39 is 0 Å². The Kier molecular flexibility index (Phi) is 2.82. The maximum atomic E-state index is 12.6. The Labute approximate surface area is 122 Å². The highest BCUT2D eigenvalue weighted by molar-refractivity contribution is 5.81. The van der Waals surface area contributed by atoms with E-state index in [0.29, 0.717) is 11.5 Å². The molecule has 2 aromatic rings. The van der Waals surface area contributed by atoms with Crippen molar-refractivity contribution in [2.75, 3.05) is 0 Å². The zero-order valence-electron chi connectivity index (χ0n) is 11.6. The number of nitrogens with zero attached hydrogens (tertiary/aromatic N) is 2. The third-order valence-electron chi connectivity index (χ3n) is 4.49. The largest absolute Gasteiger partial charge is 0.758 e. The van der Waals surface area contributed by atoms with Gasteiger partial charge in [-0.15, -0.1) is 0 Å². The average molecular weight is 284 g/mol. The van der Waals surface area contributed by atoms with Crippen LogP contribution in [0.15, 0.2) is 40.9 Å². The summed E-state index contributed by atoms with van der Waals surface area (Å²) in [6.07, 6.45) is 4.96. The molecule has 1 aliphatic carbocycles. The highest BCUT2D eigenvalue weighted by atomic mass is 16.5. The van der Waals surface area contributed by atoms with E-state index in [2.05, 4.69) is 0 Å². The Balaban J connectivity index is 1.78. The van der Waals surface area contributed by atoms with Gasteiger partial charge in [-0.3, -0.25) is 0 Å². The summed E-state index contributed by atoms with van der Waals surface area (Å²) in [6.45, 7) is 0. The molecule has 2 atom stereocenters. The number of hydrogen-bond acceptors (Lipinski definition) is 4. The Morgan fingerprint density at radius 3 is 2.90 bits per heavy atom. The summed E-state index contributed by atoms with van der Waals surface area (Å²) in [5, 5.41) is 14.5. The minimum absolute atomic E-state index is 0.218. The van der Waals surface area contributed by atoms with E-state index in [-0.39, 0.29) is 12.1 Å². The molecule has 2 aliphatic rings. The standard InChI is InChI=1S/C16H16N2O3/c19-17-10-14(18(20)13-7-3-2-6-12(13)17)16-9-11-5-1-4-8-15(11)21-16/h1,4-5,8-10,12-13H,2-3,6-7H2/t12-,13+/m0/s1. The molecule has 1 aromatic heterocycles. The molecule has 0 N–H and O–H groups in total. The van der Waals surface area contributed by atoms with Crippen LogP contribution in [0.2, 0.25) is 0 Å². The molecule has 2 heterocycles. The van der Waals surface area contributed by atoms with E-state index in [4.69, 9.17) is 4.42 Å². The molecule has 0 saturated heterocycles. The first kappa shape index (κ1) is 12.6. The lowest BCUT2D eigenvalue weighted by molar-refractivity contribution is -0.536. The second-order valence-electron chi connectivity index (χ2n) is 5.77. The van der Waals surface area contributed by atoms with Gasteiger partial charge in [0.1, 0.15) is 11.3 Å². The molecule has 0 amide bonds. The fourth-order valence-corrected chi connectivity index (χ4v) is 3.39. The molecule has 0 spiro atoms. The van der Waals surface area contributed by atoms with E-state index in [1.165, 1.54) is 6.20 Å². The SMILES string of the molecule is O=[N+]1C=C(c2cc3ccccc3o2)N([O-])[C@@H]2CCCC[C@@H]21. The first-order chi connectivity index (χ1) is 10.2. The summed E-state index contributed by atoms with van der Waals surface area (Å²) in [4.78, 5) is 12.2. The predicted octanol–water partition coefficient (Wildman–Crippen LogP) is 3.63. The van der Waals surface area contributed by atoms with Crippen LogP contribution in [-0.4, -0.2) is 21.9 Å². The Bertz CT molecular complexity index is 701. The number of para-hydroxylation sites is 1. The third-order valence-corrected chi connectivity index (χ3v) is 4.49. The highest BCUT2D eigenvalue weighted by Gasteiger charge is 2.42. The van der Waals surface area contributed by atoms with Crippen molar-refractivity contribution in [3.63, 3.8) is 0 Å². The summed E-state index contributed by atoms with van der Waals surface area (Å²) in [5.41, 5.74) is 1.06. The summed E-state index contributed by atoms with van der Waals surface area (Å²) in [6, 6.07) is 8.94. The van der Waals surface area contributed by atoms with Gasteiger partial charge in [-0.1, -0.05) is 24.6 Å². The van der Waals surface area contributed by atoms with Crippen molar-refractivity contribution in [1.29, 1.82) is 0 Å². The fourth-order valence-electron chi connectivity index (χ4n) is 3.39. The van der Waals surface area contributed by atoms with Crippen LogP contribution in [0.1, 0.15) is 31.4 Å². The van der Waals surface area contributed by atoms with Gasteiger partial charge in [0.2, 0.25) is 12.2 Å². The Morgan fingerprint density at radius 1 is 1.24 bits per heavy atom. The number of nitroso groups, excluding NO2 is 1. The van der Waals surface area contributed by atoms with Crippen LogP contribution in [0.3, 0.4) is 0 Å². The molecule has 1 aromatic carbocycles. The van der Waals surface area contributed by atoms with Gasteiger partial charge in [-0.05, 0) is 25.0 Å². The number of fused-ring (bicyclic) bond motifs is 2. The maximum absolute atomic E-state index is 12.6. The smallest absolute Gasteiger partial charge is 0.247 e. The van der Waals surface area contributed by atoms with Crippen LogP contribution in [0.25, 0.3) is 16.7 Å². The molecule has 21 heavy (non-hydrogen) atoms. The van der Waals surface area contributed by atoms with Gasteiger partial charge < -0.3 is 14.7 Å². The molecule has 0 unspecified atom stereocenters. The molecule has 1 aliphatic heterocycles. The van der Waals surface area contributed by atoms with Gasteiger partial charge in [-0.25, -0.2) is 0 Å². The van der Waals surface area contributed by atoms with Crippen LogP contribution < -0.4 is 0 Å². The van der Waals surface area contributed by atoms with Gasteiger partial charge in [0.25, 0.3) is 0 Å². The Hall–Kier alpha value is -2.14. The van der Waals surface area contributed by atoms with Crippen LogP contribution in [0, 0.1) is 10.1 Å². The molecular weight excluding hydrogens is 268 g/mol. The molecule has 1 fully saturated rings. The van der Waals surface area contributed by atoms with Gasteiger partial charge >= 0.3 is 0 Å². The zero-order chi connectivity index (χ0) is 14.4. The highest BCUT2D eigenvalue weighted by Crippen LogP contribution is 2.36. The molecule has 5 nitrogen and oxygen atoms in total. The molecule has 4 rings (SSSR count). The van der Waals surface area contributed by atoms with Crippen molar-refractivity contribution in [3.05, 3.63) is 52.4 Å². The van der Waals surface area contributed by atoms with Gasteiger partial charge in [0, 0.05) is 21.5 Å². The lowest BCUT2D eigenvalue weighted by Gasteiger charge is -2.43. The van der Waals surface area contributed by atoms with E-state index in [0.717, 1.165) is 46.5 Å². The summed E-state index contributed by atoms with van der Waals surface area (Å²) >= 11 is 0. The van der Waals surface area contributed by atoms with Crippen LogP contribution in [-0.2, 0) is 0 Å². The average Bonchev–Trinajstić information content (AvgIpc) is 2.94.